The Hall–Kier alpha value is -1.55. The molecule has 1 saturated heterocycles. The maximum Gasteiger partial charge on any atom is 0.307 e. The predicted octanol–water partition coefficient (Wildman–Crippen LogP) is 2.54. The largest absolute Gasteiger partial charge is 0.460 e. The highest BCUT2D eigenvalue weighted by Gasteiger charge is 2.20. The van der Waals surface area contributed by atoms with E-state index in [0.29, 0.717) is 6.42 Å². The number of carbonyl (C=O) groups excluding carboxylic acids is 1. The van der Waals surface area contributed by atoms with Crippen molar-refractivity contribution in [2.24, 2.45) is 0 Å². The maximum atomic E-state index is 11.7. The van der Waals surface area contributed by atoms with E-state index in [1.807, 2.05) is 26.8 Å². The number of para-hydroxylation sites is 1. The van der Waals surface area contributed by atoms with Gasteiger partial charge in [-0.3, -0.25) is 9.69 Å². The molecule has 0 aliphatic carbocycles. The van der Waals surface area contributed by atoms with Crippen molar-refractivity contribution in [2.75, 3.05) is 37.6 Å². The van der Waals surface area contributed by atoms with Crippen LogP contribution in [0, 0.1) is 0 Å². The Morgan fingerprint density at radius 1 is 1.10 bits per heavy atom. The highest BCUT2D eigenvalue weighted by atomic mass is 16.6. The first-order valence-corrected chi connectivity index (χ1v) is 7.68. The summed E-state index contributed by atoms with van der Waals surface area (Å²) in [4.78, 5) is 16.5. The molecular weight excluding hydrogens is 264 g/mol. The topological polar surface area (TPSA) is 32.8 Å². The third kappa shape index (κ3) is 5.38. The molecule has 4 nitrogen and oxygen atoms in total. The molecule has 0 atom stereocenters. The third-order valence-corrected chi connectivity index (χ3v) is 3.55. The minimum Gasteiger partial charge on any atom is -0.460 e. The van der Waals surface area contributed by atoms with Gasteiger partial charge in [0.05, 0.1) is 6.42 Å². The molecular formula is C17H26N2O2. The molecule has 1 aliphatic rings. The van der Waals surface area contributed by atoms with Crippen LogP contribution in [0.5, 0.6) is 0 Å². The van der Waals surface area contributed by atoms with Crippen molar-refractivity contribution in [3.63, 3.8) is 0 Å². The van der Waals surface area contributed by atoms with Crippen LogP contribution in [0.25, 0.3) is 0 Å². The van der Waals surface area contributed by atoms with E-state index >= 15 is 0 Å². The molecule has 0 spiro atoms. The van der Waals surface area contributed by atoms with Crippen LogP contribution < -0.4 is 4.90 Å². The standard InChI is InChI=1S/C17H26N2O2/c1-17(2,3)21-16(20)9-10-18-11-13-19(14-12-18)15-7-5-4-6-8-15/h4-8H,9-14H2,1-3H3. The zero-order valence-corrected chi connectivity index (χ0v) is 13.3. The van der Waals surface area contributed by atoms with E-state index in [4.69, 9.17) is 4.74 Å². The lowest BCUT2D eigenvalue weighted by molar-refractivity contribution is -0.155. The van der Waals surface area contributed by atoms with Crippen LogP contribution in [0.4, 0.5) is 5.69 Å². The fraction of sp³-hybridized carbons (Fsp3) is 0.588. The molecule has 0 radical (unpaired) electrons. The minimum atomic E-state index is -0.386. The quantitative estimate of drug-likeness (QED) is 0.798. The van der Waals surface area contributed by atoms with Crippen LogP contribution in [-0.4, -0.2) is 49.2 Å². The Kier molecular flexibility index (Phi) is 5.23. The monoisotopic (exact) mass is 290 g/mol. The van der Waals surface area contributed by atoms with Gasteiger partial charge in [0.2, 0.25) is 0 Å². The number of hydrogen-bond acceptors (Lipinski definition) is 4. The molecule has 116 valence electrons. The van der Waals surface area contributed by atoms with Gasteiger partial charge in [0.15, 0.2) is 0 Å². The van der Waals surface area contributed by atoms with Crippen LogP contribution in [0.1, 0.15) is 27.2 Å². The van der Waals surface area contributed by atoms with E-state index in [1.54, 1.807) is 0 Å². The first-order chi connectivity index (χ1) is 9.94. The summed E-state index contributed by atoms with van der Waals surface area (Å²) in [6.45, 7) is 10.5. The Morgan fingerprint density at radius 3 is 2.29 bits per heavy atom. The fourth-order valence-corrected chi connectivity index (χ4v) is 2.51. The van der Waals surface area contributed by atoms with Gasteiger partial charge in [0, 0.05) is 38.4 Å². The van der Waals surface area contributed by atoms with E-state index in [-0.39, 0.29) is 11.6 Å². The molecule has 2 rings (SSSR count). The number of hydrogen-bond donors (Lipinski definition) is 0. The normalized spacial score (nSPS) is 16.8. The zero-order valence-electron chi connectivity index (χ0n) is 13.3. The van der Waals surface area contributed by atoms with Crippen molar-refractivity contribution < 1.29 is 9.53 Å². The number of benzene rings is 1. The third-order valence-electron chi connectivity index (χ3n) is 3.55. The van der Waals surface area contributed by atoms with E-state index in [0.717, 1.165) is 32.7 Å². The van der Waals surface area contributed by atoms with Crippen LogP contribution in [-0.2, 0) is 9.53 Å². The Morgan fingerprint density at radius 2 is 1.71 bits per heavy atom. The summed E-state index contributed by atoms with van der Waals surface area (Å²) in [7, 11) is 0. The Labute approximate surface area is 127 Å². The molecule has 0 saturated carbocycles. The second kappa shape index (κ2) is 6.94. The SMILES string of the molecule is CC(C)(C)OC(=O)CCN1CCN(c2ccccc2)CC1. The fourth-order valence-electron chi connectivity index (χ4n) is 2.51. The lowest BCUT2D eigenvalue weighted by Crippen LogP contribution is -2.47. The number of carbonyl (C=O) groups is 1. The van der Waals surface area contributed by atoms with Crippen molar-refractivity contribution >= 4 is 11.7 Å². The van der Waals surface area contributed by atoms with E-state index in [1.165, 1.54) is 5.69 Å². The second-order valence-electron chi connectivity index (χ2n) is 6.50. The van der Waals surface area contributed by atoms with Gasteiger partial charge < -0.3 is 9.64 Å². The maximum absolute atomic E-state index is 11.7. The number of esters is 1. The molecule has 0 aromatic heterocycles. The highest BCUT2D eigenvalue weighted by Crippen LogP contribution is 2.16. The van der Waals surface area contributed by atoms with Crippen molar-refractivity contribution in [1.82, 2.24) is 4.90 Å². The second-order valence-corrected chi connectivity index (χ2v) is 6.50. The molecule has 1 aromatic rings. The smallest absolute Gasteiger partial charge is 0.307 e. The van der Waals surface area contributed by atoms with Crippen molar-refractivity contribution in [1.29, 1.82) is 0 Å². The predicted molar refractivity (Wildman–Crippen MR) is 85.6 cm³/mol. The van der Waals surface area contributed by atoms with Crippen molar-refractivity contribution in [3.8, 4) is 0 Å². The van der Waals surface area contributed by atoms with Gasteiger partial charge in [-0.15, -0.1) is 0 Å². The Bertz CT molecular complexity index is 446. The van der Waals surface area contributed by atoms with Crippen LogP contribution in [0.15, 0.2) is 30.3 Å². The molecule has 0 bridgehead atoms. The lowest BCUT2D eigenvalue weighted by Gasteiger charge is -2.36. The first-order valence-electron chi connectivity index (χ1n) is 7.68. The number of anilines is 1. The number of rotatable bonds is 4. The van der Waals surface area contributed by atoms with Gasteiger partial charge in [-0.1, -0.05) is 18.2 Å². The number of piperazine rings is 1. The van der Waals surface area contributed by atoms with Gasteiger partial charge in [0.25, 0.3) is 0 Å². The molecule has 0 unspecified atom stereocenters. The minimum absolute atomic E-state index is 0.104. The molecule has 0 amide bonds. The molecule has 1 aromatic carbocycles. The van der Waals surface area contributed by atoms with Gasteiger partial charge in [-0.2, -0.15) is 0 Å². The zero-order chi connectivity index (χ0) is 15.3. The van der Waals surface area contributed by atoms with E-state index in [2.05, 4.69) is 34.1 Å². The van der Waals surface area contributed by atoms with Gasteiger partial charge in [0.1, 0.15) is 5.60 Å². The first kappa shape index (κ1) is 15.8. The summed E-state index contributed by atoms with van der Waals surface area (Å²) in [5.74, 6) is -0.104. The van der Waals surface area contributed by atoms with Crippen LogP contribution >= 0.6 is 0 Å². The lowest BCUT2D eigenvalue weighted by atomic mass is 10.2. The van der Waals surface area contributed by atoms with E-state index in [9.17, 15) is 4.79 Å². The summed E-state index contributed by atoms with van der Waals surface area (Å²) in [6, 6.07) is 10.5. The summed E-state index contributed by atoms with van der Waals surface area (Å²) in [5.41, 5.74) is 0.896. The van der Waals surface area contributed by atoms with E-state index < -0.39 is 0 Å². The molecule has 21 heavy (non-hydrogen) atoms. The van der Waals surface area contributed by atoms with Gasteiger partial charge >= 0.3 is 5.97 Å². The molecule has 1 heterocycles. The average Bonchev–Trinajstić information content (AvgIpc) is 2.45. The van der Waals surface area contributed by atoms with Crippen molar-refractivity contribution in [2.45, 2.75) is 32.8 Å². The summed E-state index contributed by atoms with van der Waals surface area (Å²) in [6.07, 6.45) is 0.475. The number of ether oxygens (including phenoxy) is 1. The summed E-state index contributed by atoms with van der Waals surface area (Å²) >= 11 is 0. The summed E-state index contributed by atoms with van der Waals surface area (Å²) < 4.78 is 5.34. The molecule has 0 N–H and O–H groups in total. The van der Waals surface area contributed by atoms with Crippen molar-refractivity contribution in [3.05, 3.63) is 30.3 Å². The van der Waals surface area contributed by atoms with Gasteiger partial charge in [-0.25, -0.2) is 0 Å². The van der Waals surface area contributed by atoms with Crippen LogP contribution in [0.2, 0.25) is 0 Å². The molecule has 1 aliphatic heterocycles. The summed E-state index contributed by atoms with van der Waals surface area (Å²) in [5, 5.41) is 0. The van der Waals surface area contributed by atoms with Gasteiger partial charge in [-0.05, 0) is 32.9 Å². The number of nitrogens with zero attached hydrogens (tertiary/aromatic N) is 2. The average molecular weight is 290 g/mol. The Balaban J connectivity index is 1.71. The van der Waals surface area contributed by atoms with Crippen LogP contribution in [0.3, 0.4) is 0 Å². The molecule has 4 heteroatoms. The molecule has 1 fully saturated rings. The highest BCUT2D eigenvalue weighted by molar-refractivity contribution is 5.70.